The van der Waals surface area contributed by atoms with Crippen LogP contribution in [0.2, 0.25) is 0 Å². The second kappa shape index (κ2) is 9.63. The average Bonchev–Trinajstić information content (AvgIpc) is 2.29. The fraction of sp³-hybridized carbons (Fsp3) is 0.857. The number of rotatable bonds is 11. The van der Waals surface area contributed by atoms with Crippen molar-refractivity contribution in [3.05, 3.63) is 20.2 Å². The second-order valence-corrected chi connectivity index (χ2v) is 5.81. The Kier molecular flexibility index (Phi) is 8.99. The summed E-state index contributed by atoms with van der Waals surface area (Å²) in [6.07, 6.45) is -1.06. The molecular formula is C7H13N3O7S2. The van der Waals surface area contributed by atoms with Crippen LogP contribution in [0.3, 0.4) is 0 Å². The van der Waals surface area contributed by atoms with E-state index in [2.05, 4.69) is 9.68 Å². The van der Waals surface area contributed by atoms with Gasteiger partial charge in [0.1, 0.15) is 18.5 Å². The van der Waals surface area contributed by atoms with Crippen molar-refractivity contribution in [1.82, 2.24) is 0 Å². The van der Waals surface area contributed by atoms with Gasteiger partial charge in [-0.25, -0.2) is 0 Å². The van der Waals surface area contributed by atoms with Crippen LogP contribution in [0.1, 0.15) is 6.92 Å². The van der Waals surface area contributed by atoms with Crippen molar-refractivity contribution >= 4 is 27.4 Å². The molecule has 0 aliphatic carbocycles. The lowest BCUT2D eigenvalue weighted by Gasteiger charge is -2.13. The maximum atomic E-state index is 10.8. The van der Waals surface area contributed by atoms with Crippen molar-refractivity contribution in [2.45, 2.75) is 19.1 Å². The zero-order chi connectivity index (χ0) is 14.8. The molecule has 0 radical (unpaired) electrons. The number of nitrogens with two attached hydrogens (primary N) is 1. The van der Waals surface area contributed by atoms with E-state index in [1.54, 1.807) is 0 Å². The summed E-state index contributed by atoms with van der Waals surface area (Å²) in [5.74, 6) is 0.258. The summed E-state index contributed by atoms with van der Waals surface area (Å²) < 4.78 is 0. The smallest absolute Gasteiger partial charge is 0.294 e. The summed E-state index contributed by atoms with van der Waals surface area (Å²) in [6, 6.07) is -0.609. The molecule has 0 aromatic carbocycles. The Morgan fingerprint density at radius 3 is 2.32 bits per heavy atom. The van der Waals surface area contributed by atoms with E-state index in [0.29, 0.717) is 5.75 Å². The Morgan fingerprint density at radius 2 is 1.84 bits per heavy atom. The van der Waals surface area contributed by atoms with Crippen LogP contribution < -0.4 is 5.73 Å². The topological polar surface area (TPSA) is 148 Å². The fourth-order valence-electron chi connectivity index (χ4n) is 0.737. The van der Waals surface area contributed by atoms with Gasteiger partial charge in [-0.05, 0) is 6.92 Å². The van der Waals surface area contributed by atoms with E-state index in [-0.39, 0.29) is 11.5 Å². The molecule has 0 bridgehead atoms. The summed E-state index contributed by atoms with van der Waals surface area (Å²) in [7, 11) is 2.38. The summed E-state index contributed by atoms with van der Waals surface area (Å²) in [6.45, 7) is 0.819. The van der Waals surface area contributed by atoms with Gasteiger partial charge in [0, 0.05) is 11.5 Å². The zero-order valence-electron chi connectivity index (χ0n) is 9.92. The first kappa shape index (κ1) is 17.7. The molecule has 10 nitrogen and oxygen atoms in total. The minimum absolute atomic E-state index is 0.0874. The van der Waals surface area contributed by atoms with Crippen LogP contribution in [0.15, 0.2) is 0 Å². The molecule has 0 fully saturated rings. The molecule has 19 heavy (non-hydrogen) atoms. The van der Waals surface area contributed by atoms with Crippen molar-refractivity contribution in [3.63, 3.8) is 0 Å². The molecule has 110 valence electrons. The van der Waals surface area contributed by atoms with Gasteiger partial charge in [-0.3, -0.25) is 4.79 Å². The van der Waals surface area contributed by atoms with Crippen LogP contribution in [0.4, 0.5) is 0 Å². The molecule has 0 aliphatic rings. The number of ketones is 1. The number of carbonyl (C=O) groups is 1. The average molecular weight is 315 g/mol. The van der Waals surface area contributed by atoms with Crippen LogP contribution in [0, 0.1) is 20.2 Å². The molecule has 2 atom stereocenters. The zero-order valence-corrected chi connectivity index (χ0v) is 11.6. The van der Waals surface area contributed by atoms with Gasteiger partial charge in [0.05, 0.1) is 6.04 Å². The van der Waals surface area contributed by atoms with Crippen LogP contribution in [-0.2, 0) is 14.5 Å². The Bertz CT molecular complexity index is 330. The summed E-state index contributed by atoms with van der Waals surface area (Å²) >= 11 is 0. The highest BCUT2D eigenvalue weighted by Gasteiger charge is 2.16. The molecule has 0 saturated carbocycles. The van der Waals surface area contributed by atoms with Crippen molar-refractivity contribution < 1.29 is 24.6 Å². The summed E-state index contributed by atoms with van der Waals surface area (Å²) in [4.78, 5) is 39.2. The first-order chi connectivity index (χ1) is 8.82. The number of nitrogens with zero attached hydrogens (tertiary/aromatic N) is 2. The van der Waals surface area contributed by atoms with Gasteiger partial charge in [-0.1, -0.05) is 21.6 Å². The van der Waals surface area contributed by atoms with Crippen molar-refractivity contribution in [2.24, 2.45) is 5.73 Å². The second-order valence-electron chi connectivity index (χ2n) is 3.26. The maximum absolute atomic E-state index is 10.8. The molecule has 0 rings (SSSR count). The molecule has 2 unspecified atom stereocenters. The molecule has 12 heteroatoms. The molecule has 0 aromatic heterocycles. The number of Topliss-reactive ketones (excluding diaryl/α,β-unsaturated/α-hetero) is 1. The molecular weight excluding hydrogens is 302 g/mol. The van der Waals surface area contributed by atoms with E-state index in [1.807, 2.05) is 0 Å². The predicted octanol–water partition coefficient (Wildman–Crippen LogP) is 0.0693. The first-order valence-electron chi connectivity index (χ1n) is 4.91. The van der Waals surface area contributed by atoms with Crippen LogP contribution in [-0.4, -0.2) is 46.2 Å². The lowest BCUT2D eigenvalue weighted by molar-refractivity contribution is -0.788. The standard InChI is InChI=1S/C7H13N3O7S2/c1-5(11)7(8)4-19-18-3-6(17-10(14)15)2-16-9(12)13/h6-7H,2-4,8H2,1H3. The van der Waals surface area contributed by atoms with Gasteiger partial charge in [-0.15, -0.1) is 20.2 Å². The molecule has 0 aliphatic heterocycles. The monoisotopic (exact) mass is 315 g/mol. The van der Waals surface area contributed by atoms with Gasteiger partial charge in [0.2, 0.25) is 0 Å². The molecule has 0 heterocycles. The molecule has 0 spiro atoms. The fourth-order valence-corrected chi connectivity index (χ4v) is 3.09. The number of carbonyl (C=O) groups excluding carboxylic acids is 1. The van der Waals surface area contributed by atoms with Gasteiger partial charge in [0.15, 0.2) is 0 Å². The van der Waals surface area contributed by atoms with E-state index in [0.717, 1.165) is 10.8 Å². The molecule has 2 N–H and O–H groups in total. The maximum Gasteiger partial charge on any atom is 0.294 e. The van der Waals surface area contributed by atoms with E-state index < -0.39 is 28.9 Å². The Hall–Kier alpha value is -1.27. The third kappa shape index (κ3) is 10.3. The molecule has 0 aromatic rings. The molecule has 0 saturated heterocycles. The minimum atomic E-state index is -1.06. The van der Waals surface area contributed by atoms with E-state index in [4.69, 9.17) is 5.73 Å². The Morgan fingerprint density at radius 1 is 1.26 bits per heavy atom. The normalized spacial score (nSPS) is 13.4. The Labute approximate surface area is 116 Å². The highest BCUT2D eigenvalue weighted by Crippen LogP contribution is 2.23. The Balaban J connectivity index is 3.94. The van der Waals surface area contributed by atoms with E-state index >= 15 is 0 Å². The van der Waals surface area contributed by atoms with Crippen molar-refractivity contribution in [3.8, 4) is 0 Å². The highest BCUT2D eigenvalue weighted by molar-refractivity contribution is 8.76. The molecule has 0 amide bonds. The van der Waals surface area contributed by atoms with Gasteiger partial charge >= 0.3 is 0 Å². The summed E-state index contributed by atoms with van der Waals surface area (Å²) in [5.41, 5.74) is 5.48. The van der Waals surface area contributed by atoms with Crippen LogP contribution >= 0.6 is 21.6 Å². The van der Waals surface area contributed by atoms with E-state index in [1.165, 1.54) is 17.7 Å². The first-order valence-corrected chi connectivity index (χ1v) is 7.40. The van der Waals surface area contributed by atoms with Crippen LogP contribution in [0.25, 0.3) is 0 Å². The van der Waals surface area contributed by atoms with Gasteiger partial charge in [-0.2, -0.15) is 0 Å². The van der Waals surface area contributed by atoms with E-state index in [9.17, 15) is 25.0 Å². The quantitative estimate of drug-likeness (QED) is 0.240. The largest absolute Gasteiger partial charge is 0.321 e. The SMILES string of the molecule is CC(=O)C(N)CSSCC(CO[N+](=O)[O-])O[N+](=O)[O-]. The van der Waals surface area contributed by atoms with Gasteiger partial charge < -0.3 is 15.4 Å². The van der Waals surface area contributed by atoms with Crippen LogP contribution in [0.5, 0.6) is 0 Å². The lowest BCUT2D eigenvalue weighted by atomic mass is 10.3. The number of hydrogen-bond donors (Lipinski definition) is 1. The third-order valence-electron chi connectivity index (χ3n) is 1.71. The summed E-state index contributed by atoms with van der Waals surface area (Å²) in [5, 5.41) is 18.0. The highest BCUT2D eigenvalue weighted by atomic mass is 33.1. The van der Waals surface area contributed by atoms with Crippen molar-refractivity contribution in [2.75, 3.05) is 18.1 Å². The van der Waals surface area contributed by atoms with Gasteiger partial charge in [0.25, 0.3) is 10.2 Å². The van der Waals surface area contributed by atoms with Crippen molar-refractivity contribution in [1.29, 1.82) is 0 Å². The number of hydrogen-bond acceptors (Lipinski definition) is 10. The predicted molar refractivity (Wildman–Crippen MR) is 68.4 cm³/mol. The third-order valence-corrected chi connectivity index (χ3v) is 4.19. The minimum Gasteiger partial charge on any atom is -0.321 e. The lowest BCUT2D eigenvalue weighted by Crippen LogP contribution is -2.30.